The van der Waals surface area contributed by atoms with Gasteiger partial charge in [-0.15, -0.1) is 0 Å². The van der Waals surface area contributed by atoms with Gasteiger partial charge in [-0.2, -0.15) is 0 Å². The first-order valence-corrected chi connectivity index (χ1v) is 7.70. The Morgan fingerprint density at radius 3 is 1.79 bits per heavy atom. The Bertz CT molecular complexity index is 489. The van der Waals surface area contributed by atoms with Gasteiger partial charge >= 0.3 is 0 Å². The van der Waals surface area contributed by atoms with Gasteiger partial charge in [-0.3, -0.25) is 0 Å². The molecule has 0 saturated carbocycles. The van der Waals surface area contributed by atoms with Gasteiger partial charge in [0.2, 0.25) is 0 Å². The standard InChI is InChI=1S/C10H12.C8H7Br/c1-2-6-10-8-4-3-7-9(10)5-1;9-7-6-8-4-2-1-3-5-8/h1-2,5-6H,3-4,7-8H2;1-7H. The first-order valence-electron chi connectivity index (χ1n) is 6.79. The highest BCUT2D eigenvalue weighted by Gasteiger charge is 2.05. The number of hydrogen-bond acceptors (Lipinski definition) is 0. The summed E-state index contributed by atoms with van der Waals surface area (Å²) in [4.78, 5) is 1.85. The van der Waals surface area contributed by atoms with Gasteiger partial charge in [-0.05, 0) is 53.4 Å². The Kier molecular flexibility index (Phi) is 5.90. The molecule has 0 heterocycles. The minimum absolute atomic E-state index is 1.22. The molecule has 0 aliphatic heterocycles. The molecule has 0 atom stereocenters. The maximum Gasteiger partial charge on any atom is -0.0183 e. The van der Waals surface area contributed by atoms with Crippen LogP contribution in [0.25, 0.3) is 6.08 Å². The van der Waals surface area contributed by atoms with Crippen molar-refractivity contribution in [1.82, 2.24) is 0 Å². The van der Waals surface area contributed by atoms with E-state index in [0.717, 1.165) is 0 Å². The van der Waals surface area contributed by atoms with Crippen LogP contribution in [0.5, 0.6) is 0 Å². The highest BCUT2D eigenvalue weighted by Crippen LogP contribution is 2.19. The molecule has 0 amide bonds. The molecule has 2 aromatic rings. The maximum atomic E-state index is 3.21. The summed E-state index contributed by atoms with van der Waals surface area (Å²) in [6, 6.07) is 18.9. The van der Waals surface area contributed by atoms with E-state index in [1.807, 2.05) is 29.3 Å². The Morgan fingerprint density at radius 2 is 1.26 bits per heavy atom. The van der Waals surface area contributed by atoms with Crippen molar-refractivity contribution in [2.24, 2.45) is 0 Å². The van der Waals surface area contributed by atoms with E-state index in [0.29, 0.717) is 0 Å². The molecule has 0 spiro atoms. The van der Waals surface area contributed by atoms with Gasteiger partial charge in [0, 0.05) is 0 Å². The lowest BCUT2D eigenvalue weighted by atomic mass is 9.92. The van der Waals surface area contributed by atoms with Gasteiger partial charge in [0.05, 0.1) is 0 Å². The molecule has 0 saturated heterocycles. The Labute approximate surface area is 124 Å². The highest BCUT2D eigenvalue weighted by atomic mass is 79.9. The minimum Gasteiger partial charge on any atom is -0.0622 e. The highest BCUT2D eigenvalue weighted by molar-refractivity contribution is 9.11. The summed E-state index contributed by atoms with van der Waals surface area (Å²) in [6.07, 6.45) is 7.38. The summed E-state index contributed by atoms with van der Waals surface area (Å²) in [7, 11) is 0. The monoisotopic (exact) mass is 314 g/mol. The molecule has 1 aliphatic carbocycles. The summed E-state index contributed by atoms with van der Waals surface area (Å²) < 4.78 is 0. The normalized spacial score (nSPS) is 13.5. The topological polar surface area (TPSA) is 0 Å². The molecule has 0 aromatic heterocycles. The number of aryl methyl sites for hydroxylation is 2. The van der Waals surface area contributed by atoms with Crippen LogP contribution in [-0.2, 0) is 12.8 Å². The van der Waals surface area contributed by atoms with E-state index in [9.17, 15) is 0 Å². The first kappa shape index (κ1) is 14.1. The van der Waals surface area contributed by atoms with Crippen LogP contribution in [0, 0.1) is 0 Å². The van der Waals surface area contributed by atoms with Gasteiger partial charge in [0.15, 0.2) is 0 Å². The van der Waals surface area contributed by atoms with E-state index in [1.165, 1.54) is 31.2 Å². The predicted octanol–water partition coefficient (Wildman–Crippen LogP) is 5.62. The van der Waals surface area contributed by atoms with E-state index < -0.39 is 0 Å². The predicted molar refractivity (Wildman–Crippen MR) is 87.5 cm³/mol. The van der Waals surface area contributed by atoms with E-state index in [4.69, 9.17) is 0 Å². The van der Waals surface area contributed by atoms with Crippen molar-refractivity contribution < 1.29 is 0 Å². The lowest BCUT2D eigenvalue weighted by molar-refractivity contribution is 0.685. The molecule has 19 heavy (non-hydrogen) atoms. The van der Waals surface area contributed by atoms with Gasteiger partial charge in [0.1, 0.15) is 0 Å². The molecule has 0 radical (unpaired) electrons. The third-order valence-electron chi connectivity index (χ3n) is 3.32. The second-order valence-electron chi connectivity index (χ2n) is 4.68. The third-order valence-corrected chi connectivity index (χ3v) is 3.58. The van der Waals surface area contributed by atoms with Crippen LogP contribution in [0.4, 0.5) is 0 Å². The van der Waals surface area contributed by atoms with Crippen LogP contribution in [0.1, 0.15) is 29.5 Å². The summed E-state index contributed by atoms with van der Waals surface area (Å²) in [6.45, 7) is 0. The van der Waals surface area contributed by atoms with Gasteiger partial charge in [-0.1, -0.05) is 70.5 Å². The summed E-state index contributed by atoms with van der Waals surface area (Å²) in [5, 5.41) is 0. The first-order chi connectivity index (χ1) is 9.40. The largest absolute Gasteiger partial charge is 0.0622 e. The zero-order valence-corrected chi connectivity index (χ0v) is 12.6. The maximum absolute atomic E-state index is 3.21. The van der Waals surface area contributed by atoms with Crippen LogP contribution in [0.2, 0.25) is 0 Å². The fraction of sp³-hybridized carbons (Fsp3) is 0.222. The molecule has 0 unspecified atom stereocenters. The molecular weight excluding hydrogens is 296 g/mol. The van der Waals surface area contributed by atoms with Crippen LogP contribution in [-0.4, -0.2) is 0 Å². The zero-order valence-electron chi connectivity index (χ0n) is 11.1. The van der Waals surface area contributed by atoms with Crippen LogP contribution >= 0.6 is 15.9 Å². The van der Waals surface area contributed by atoms with E-state index in [2.05, 4.69) is 52.3 Å². The molecule has 0 nitrogen and oxygen atoms in total. The number of benzene rings is 2. The number of fused-ring (bicyclic) bond motifs is 1. The average molecular weight is 315 g/mol. The smallest absolute Gasteiger partial charge is 0.0183 e. The van der Waals surface area contributed by atoms with Crippen molar-refractivity contribution in [2.75, 3.05) is 0 Å². The number of hydrogen-bond donors (Lipinski definition) is 0. The molecule has 1 heteroatoms. The number of rotatable bonds is 1. The van der Waals surface area contributed by atoms with Gasteiger partial charge < -0.3 is 0 Å². The second kappa shape index (κ2) is 7.96. The number of halogens is 1. The third kappa shape index (κ3) is 4.68. The Hall–Kier alpha value is -1.34. The molecule has 2 aromatic carbocycles. The van der Waals surface area contributed by atoms with E-state index >= 15 is 0 Å². The van der Waals surface area contributed by atoms with Crippen molar-refractivity contribution in [1.29, 1.82) is 0 Å². The molecule has 0 fully saturated rings. The van der Waals surface area contributed by atoms with E-state index in [1.54, 1.807) is 11.1 Å². The lowest BCUT2D eigenvalue weighted by Gasteiger charge is -2.13. The summed E-state index contributed by atoms with van der Waals surface area (Å²) >= 11 is 3.21. The van der Waals surface area contributed by atoms with E-state index in [-0.39, 0.29) is 0 Å². The Morgan fingerprint density at radius 1 is 0.737 bits per heavy atom. The summed E-state index contributed by atoms with van der Waals surface area (Å²) in [5.41, 5.74) is 4.37. The van der Waals surface area contributed by atoms with Crippen molar-refractivity contribution >= 4 is 22.0 Å². The quantitative estimate of drug-likeness (QED) is 0.641. The van der Waals surface area contributed by atoms with Crippen LogP contribution in [0.15, 0.2) is 59.6 Å². The Balaban J connectivity index is 0.000000141. The fourth-order valence-corrected chi connectivity index (χ4v) is 2.62. The average Bonchev–Trinajstić information content (AvgIpc) is 2.50. The summed E-state index contributed by atoms with van der Waals surface area (Å²) in [5.74, 6) is 0. The molecular formula is C18H19Br. The fourth-order valence-electron chi connectivity index (χ4n) is 2.31. The molecule has 0 N–H and O–H groups in total. The zero-order chi connectivity index (χ0) is 13.3. The van der Waals surface area contributed by atoms with Crippen molar-refractivity contribution in [2.45, 2.75) is 25.7 Å². The minimum atomic E-state index is 1.22. The van der Waals surface area contributed by atoms with Gasteiger partial charge in [-0.25, -0.2) is 0 Å². The van der Waals surface area contributed by atoms with Crippen molar-refractivity contribution in [3.8, 4) is 0 Å². The van der Waals surface area contributed by atoms with Crippen LogP contribution < -0.4 is 0 Å². The lowest BCUT2D eigenvalue weighted by Crippen LogP contribution is -2.00. The molecule has 98 valence electrons. The SMILES string of the molecule is BrC=Cc1ccccc1.c1ccc2c(c1)CCCC2. The molecule has 0 bridgehead atoms. The van der Waals surface area contributed by atoms with Crippen molar-refractivity contribution in [3.63, 3.8) is 0 Å². The molecule has 1 aliphatic rings. The molecule has 3 rings (SSSR count). The van der Waals surface area contributed by atoms with Crippen LogP contribution in [0.3, 0.4) is 0 Å². The van der Waals surface area contributed by atoms with Gasteiger partial charge in [0.25, 0.3) is 0 Å². The second-order valence-corrected chi connectivity index (χ2v) is 5.21. The van der Waals surface area contributed by atoms with Crippen molar-refractivity contribution in [3.05, 3.63) is 76.3 Å².